The molecule has 0 aromatic heterocycles. The highest BCUT2D eigenvalue weighted by Crippen LogP contribution is 2.19. The third-order valence-corrected chi connectivity index (χ3v) is 3.14. The SMILES string of the molecule is N#Cc1cccc(NC(=O)COC(=O)c2cc(Cl)cc(Cl)c2)c1. The Bertz CT molecular complexity index is 780. The molecular weight excluding hydrogens is 339 g/mol. The maximum Gasteiger partial charge on any atom is 0.338 e. The molecule has 0 aliphatic carbocycles. The summed E-state index contributed by atoms with van der Waals surface area (Å²) in [6.07, 6.45) is 0. The van der Waals surface area contributed by atoms with Gasteiger partial charge < -0.3 is 10.1 Å². The lowest BCUT2D eigenvalue weighted by Gasteiger charge is -2.07. The number of nitriles is 1. The fraction of sp³-hybridized carbons (Fsp3) is 0.0625. The van der Waals surface area contributed by atoms with Crippen LogP contribution in [0.4, 0.5) is 5.69 Å². The van der Waals surface area contributed by atoms with Crippen LogP contribution in [0, 0.1) is 11.3 Å². The third kappa shape index (κ3) is 4.99. The number of halogens is 2. The van der Waals surface area contributed by atoms with Crippen molar-refractivity contribution in [1.82, 2.24) is 0 Å². The van der Waals surface area contributed by atoms with Crippen LogP contribution in [-0.2, 0) is 9.53 Å². The van der Waals surface area contributed by atoms with Crippen LogP contribution in [0.2, 0.25) is 10.0 Å². The first-order valence-electron chi connectivity index (χ1n) is 6.41. The van der Waals surface area contributed by atoms with E-state index in [4.69, 9.17) is 33.2 Å². The summed E-state index contributed by atoms with van der Waals surface area (Å²) in [5, 5.41) is 11.9. The van der Waals surface area contributed by atoms with Gasteiger partial charge in [0.25, 0.3) is 5.91 Å². The molecule has 1 amide bonds. The van der Waals surface area contributed by atoms with E-state index in [9.17, 15) is 9.59 Å². The lowest BCUT2D eigenvalue weighted by Crippen LogP contribution is -2.21. The molecule has 5 nitrogen and oxygen atoms in total. The number of nitrogens with zero attached hydrogens (tertiary/aromatic N) is 1. The molecule has 0 saturated heterocycles. The van der Waals surface area contributed by atoms with Crippen LogP contribution >= 0.6 is 23.2 Å². The monoisotopic (exact) mass is 348 g/mol. The zero-order valence-electron chi connectivity index (χ0n) is 11.7. The first-order chi connectivity index (χ1) is 11.0. The molecule has 0 saturated carbocycles. The van der Waals surface area contributed by atoms with Gasteiger partial charge in [-0.3, -0.25) is 4.79 Å². The summed E-state index contributed by atoms with van der Waals surface area (Å²) in [7, 11) is 0. The van der Waals surface area contributed by atoms with Gasteiger partial charge in [-0.05, 0) is 36.4 Å². The average Bonchev–Trinajstić information content (AvgIpc) is 2.51. The van der Waals surface area contributed by atoms with Gasteiger partial charge in [0.1, 0.15) is 0 Å². The standard InChI is InChI=1S/C16H10Cl2N2O3/c17-12-5-11(6-13(18)7-12)16(22)23-9-15(21)20-14-3-1-2-10(4-14)8-19/h1-7H,9H2,(H,20,21). The Morgan fingerprint density at radius 2 is 1.83 bits per heavy atom. The second kappa shape index (κ2) is 7.63. The first kappa shape index (κ1) is 16.8. The molecule has 0 aliphatic heterocycles. The third-order valence-electron chi connectivity index (χ3n) is 2.71. The predicted octanol–water partition coefficient (Wildman–Crippen LogP) is 3.66. The highest BCUT2D eigenvalue weighted by atomic mass is 35.5. The van der Waals surface area contributed by atoms with Gasteiger partial charge in [-0.2, -0.15) is 5.26 Å². The number of hydrogen-bond donors (Lipinski definition) is 1. The lowest BCUT2D eigenvalue weighted by atomic mass is 10.2. The number of amides is 1. The van der Waals surface area contributed by atoms with Crippen molar-refractivity contribution in [2.45, 2.75) is 0 Å². The number of rotatable bonds is 4. The number of ether oxygens (including phenoxy) is 1. The number of hydrogen-bond acceptors (Lipinski definition) is 4. The number of esters is 1. The van der Waals surface area contributed by atoms with Crippen molar-refractivity contribution in [2.75, 3.05) is 11.9 Å². The Labute approximate surface area is 142 Å². The molecule has 1 N–H and O–H groups in total. The molecule has 0 fully saturated rings. The molecule has 2 aromatic rings. The Hall–Kier alpha value is -2.55. The van der Waals surface area contributed by atoms with E-state index in [1.165, 1.54) is 24.3 Å². The summed E-state index contributed by atoms with van der Waals surface area (Å²) in [6.45, 7) is -0.472. The molecule has 0 aliphatic rings. The van der Waals surface area contributed by atoms with E-state index < -0.39 is 18.5 Å². The van der Waals surface area contributed by atoms with Crippen LogP contribution < -0.4 is 5.32 Å². The number of carbonyl (C=O) groups excluding carboxylic acids is 2. The van der Waals surface area contributed by atoms with Gasteiger partial charge in [-0.25, -0.2) is 4.79 Å². The van der Waals surface area contributed by atoms with E-state index in [-0.39, 0.29) is 5.56 Å². The van der Waals surface area contributed by atoms with E-state index in [1.807, 2.05) is 6.07 Å². The fourth-order valence-electron chi connectivity index (χ4n) is 1.75. The highest BCUT2D eigenvalue weighted by molar-refractivity contribution is 6.35. The summed E-state index contributed by atoms with van der Waals surface area (Å²) >= 11 is 11.6. The van der Waals surface area contributed by atoms with E-state index in [2.05, 4.69) is 5.32 Å². The van der Waals surface area contributed by atoms with Crippen LogP contribution in [0.25, 0.3) is 0 Å². The second-order valence-electron chi connectivity index (χ2n) is 4.48. The molecule has 23 heavy (non-hydrogen) atoms. The second-order valence-corrected chi connectivity index (χ2v) is 5.35. The number of benzene rings is 2. The molecule has 0 radical (unpaired) electrons. The van der Waals surface area contributed by atoms with Crippen molar-refractivity contribution < 1.29 is 14.3 Å². The van der Waals surface area contributed by atoms with Crippen LogP contribution in [-0.4, -0.2) is 18.5 Å². The zero-order chi connectivity index (χ0) is 16.8. The lowest BCUT2D eigenvalue weighted by molar-refractivity contribution is -0.119. The van der Waals surface area contributed by atoms with Crippen LogP contribution in [0.1, 0.15) is 15.9 Å². The molecule has 0 bridgehead atoms. The smallest absolute Gasteiger partial charge is 0.338 e. The largest absolute Gasteiger partial charge is 0.452 e. The van der Waals surface area contributed by atoms with E-state index in [0.717, 1.165) is 0 Å². The van der Waals surface area contributed by atoms with Crippen molar-refractivity contribution >= 4 is 40.8 Å². The Morgan fingerprint density at radius 3 is 2.48 bits per heavy atom. The van der Waals surface area contributed by atoms with E-state index in [1.54, 1.807) is 18.2 Å². The van der Waals surface area contributed by atoms with Gasteiger partial charge in [0.15, 0.2) is 6.61 Å². The van der Waals surface area contributed by atoms with Crippen molar-refractivity contribution in [3.8, 4) is 6.07 Å². The van der Waals surface area contributed by atoms with Crippen LogP contribution in [0.3, 0.4) is 0 Å². The van der Waals surface area contributed by atoms with Crippen LogP contribution in [0.15, 0.2) is 42.5 Å². The average molecular weight is 349 g/mol. The minimum absolute atomic E-state index is 0.154. The van der Waals surface area contributed by atoms with Crippen molar-refractivity contribution in [2.24, 2.45) is 0 Å². The molecule has 0 spiro atoms. The normalized spacial score (nSPS) is 9.78. The van der Waals surface area contributed by atoms with Crippen molar-refractivity contribution in [3.05, 3.63) is 63.6 Å². The summed E-state index contributed by atoms with van der Waals surface area (Å²) in [5.41, 5.74) is 1.01. The van der Waals surface area contributed by atoms with Gasteiger partial charge >= 0.3 is 5.97 Å². The topological polar surface area (TPSA) is 79.2 Å². The van der Waals surface area contributed by atoms with Crippen molar-refractivity contribution in [1.29, 1.82) is 5.26 Å². The van der Waals surface area contributed by atoms with Gasteiger partial charge in [0.2, 0.25) is 0 Å². The summed E-state index contributed by atoms with van der Waals surface area (Å²) in [6, 6.07) is 12.6. The van der Waals surface area contributed by atoms with Gasteiger partial charge in [-0.15, -0.1) is 0 Å². The zero-order valence-corrected chi connectivity index (χ0v) is 13.2. The van der Waals surface area contributed by atoms with E-state index in [0.29, 0.717) is 21.3 Å². The van der Waals surface area contributed by atoms with E-state index >= 15 is 0 Å². The molecular formula is C16H10Cl2N2O3. The molecule has 0 atom stereocenters. The first-order valence-corrected chi connectivity index (χ1v) is 7.17. The molecule has 7 heteroatoms. The maximum atomic E-state index is 11.8. The molecule has 2 rings (SSSR count). The number of anilines is 1. The van der Waals surface area contributed by atoms with Crippen LogP contribution in [0.5, 0.6) is 0 Å². The summed E-state index contributed by atoms with van der Waals surface area (Å²) in [4.78, 5) is 23.6. The fourth-order valence-corrected chi connectivity index (χ4v) is 2.28. The number of carbonyl (C=O) groups is 2. The maximum absolute atomic E-state index is 11.8. The quantitative estimate of drug-likeness (QED) is 0.855. The Morgan fingerprint density at radius 1 is 1.13 bits per heavy atom. The minimum atomic E-state index is -0.713. The number of nitrogens with one attached hydrogen (secondary N) is 1. The van der Waals surface area contributed by atoms with Gasteiger partial charge in [-0.1, -0.05) is 29.3 Å². The summed E-state index contributed by atoms with van der Waals surface area (Å²) in [5.74, 6) is -1.24. The van der Waals surface area contributed by atoms with Gasteiger partial charge in [0.05, 0.1) is 17.2 Å². The Kier molecular flexibility index (Phi) is 5.58. The van der Waals surface area contributed by atoms with Gasteiger partial charge in [0, 0.05) is 15.7 Å². The highest BCUT2D eigenvalue weighted by Gasteiger charge is 2.12. The molecule has 0 heterocycles. The predicted molar refractivity (Wildman–Crippen MR) is 86.5 cm³/mol. The Balaban J connectivity index is 1.93. The molecule has 116 valence electrons. The molecule has 0 unspecified atom stereocenters. The minimum Gasteiger partial charge on any atom is -0.452 e. The summed E-state index contributed by atoms with van der Waals surface area (Å²) < 4.78 is 4.90. The molecule has 2 aromatic carbocycles. The van der Waals surface area contributed by atoms with Crippen molar-refractivity contribution in [3.63, 3.8) is 0 Å².